The van der Waals surface area contributed by atoms with Crippen LogP contribution in [-0.4, -0.2) is 13.2 Å². The van der Waals surface area contributed by atoms with Gasteiger partial charge in [0.05, 0.1) is 6.61 Å². The number of fused-ring (bicyclic) bond motifs is 1. The second kappa shape index (κ2) is 4.62. The van der Waals surface area contributed by atoms with Gasteiger partial charge in [-0.3, -0.25) is 0 Å². The van der Waals surface area contributed by atoms with Crippen molar-refractivity contribution in [1.29, 1.82) is 0 Å². The molecule has 0 aliphatic carbocycles. The van der Waals surface area contributed by atoms with Crippen LogP contribution in [0.3, 0.4) is 0 Å². The van der Waals surface area contributed by atoms with Crippen LogP contribution in [0.25, 0.3) is 0 Å². The van der Waals surface area contributed by atoms with Gasteiger partial charge in [-0.2, -0.15) is 0 Å². The fourth-order valence-corrected chi connectivity index (χ4v) is 1.89. The molecule has 0 aromatic heterocycles. The van der Waals surface area contributed by atoms with Crippen LogP contribution in [-0.2, 0) is 0 Å². The quantitative estimate of drug-likeness (QED) is 0.826. The maximum Gasteiger partial charge on any atom is 0.126 e. The van der Waals surface area contributed by atoms with Gasteiger partial charge in [-0.1, -0.05) is 13.0 Å². The molecule has 0 spiro atoms. The molecule has 1 aliphatic rings. The fraction of sp³-hybridized carbons (Fsp3) is 0.500. The highest BCUT2D eigenvalue weighted by Crippen LogP contribution is 2.32. The van der Waals surface area contributed by atoms with Gasteiger partial charge >= 0.3 is 0 Å². The first kappa shape index (κ1) is 10.4. The molecule has 0 radical (unpaired) electrons. The van der Waals surface area contributed by atoms with E-state index < -0.39 is 0 Å². The molecule has 1 aliphatic heterocycles. The second-order valence-electron chi connectivity index (χ2n) is 3.83. The Kier molecular flexibility index (Phi) is 3.21. The fourth-order valence-electron chi connectivity index (χ4n) is 1.89. The van der Waals surface area contributed by atoms with E-state index in [1.807, 2.05) is 6.07 Å². The summed E-state index contributed by atoms with van der Waals surface area (Å²) in [4.78, 5) is 0. The Bertz CT molecular complexity index is 340. The first-order chi connectivity index (χ1) is 7.31. The van der Waals surface area contributed by atoms with E-state index in [2.05, 4.69) is 12.2 Å². The van der Waals surface area contributed by atoms with Gasteiger partial charge in [-0.25, -0.2) is 4.39 Å². The minimum Gasteiger partial charge on any atom is -0.493 e. The minimum absolute atomic E-state index is 0.232. The van der Waals surface area contributed by atoms with Crippen LogP contribution in [0.2, 0.25) is 0 Å². The first-order valence-electron chi connectivity index (χ1n) is 5.47. The lowest BCUT2D eigenvalue weighted by Crippen LogP contribution is -2.27. The van der Waals surface area contributed by atoms with Gasteiger partial charge in [-0.15, -0.1) is 0 Å². The predicted octanol–water partition coefficient (Wildman–Crippen LogP) is 2.65. The molecule has 15 heavy (non-hydrogen) atoms. The Labute approximate surface area is 89.4 Å². The molecule has 1 atom stereocenters. The SMILES string of the molecule is CCCNC1CCOc2cc(F)ccc21. The summed E-state index contributed by atoms with van der Waals surface area (Å²) in [5, 5.41) is 3.44. The zero-order valence-corrected chi connectivity index (χ0v) is 8.92. The Balaban J connectivity index is 2.18. The lowest BCUT2D eigenvalue weighted by molar-refractivity contribution is 0.251. The van der Waals surface area contributed by atoms with Gasteiger partial charge in [0.2, 0.25) is 0 Å². The Morgan fingerprint density at radius 2 is 2.40 bits per heavy atom. The molecular formula is C12H16FNO. The number of ether oxygens (including phenoxy) is 1. The molecule has 1 aromatic rings. The van der Waals surface area contributed by atoms with Crippen molar-refractivity contribution in [2.24, 2.45) is 0 Å². The Hall–Kier alpha value is -1.09. The van der Waals surface area contributed by atoms with Crippen LogP contribution >= 0.6 is 0 Å². The average Bonchev–Trinajstić information content (AvgIpc) is 2.25. The van der Waals surface area contributed by atoms with E-state index in [0.29, 0.717) is 18.4 Å². The average molecular weight is 209 g/mol. The van der Waals surface area contributed by atoms with E-state index in [-0.39, 0.29) is 5.82 Å². The number of hydrogen-bond donors (Lipinski definition) is 1. The van der Waals surface area contributed by atoms with Crippen LogP contribution in [0.15, 0.2) is 18.2 Å². The van der Waals surface area contributed by atoms with Crippen molar-refractivity contribution < 1.29 is 9.13 Å². The van der Waals surface area contributed by atoms with Crippen molar-refractivity contribution in [3.63, 3.8) is 0 Å². The van der Waals surface area contributed by atoms with Crippen LogP contribution < -0.4 is 10.1 Å². The van der Waals surface area contributed by atoms with E-state index in [0.717, 1.165) is 24.9 Å². The maximum absolute atomic E-state index is 13.0. The molecular weight excluding hydrogens is 193 g/mol. The Morgan fingerprint density at radius 1 is 1.53 bits per heavy atom. The maximum atomic E-state index is 13.0. The van der Waals surface area contributed by atoms with Crippen molar-refractivity contribution in [3.8, 4) is 5.75 Å². The van der Waals surface area contributed by atoms with Gasteiger partial charge < -0.3 is 10.1 Å². The summed E-state index contributed by atoms with van der Waals surface area (Å²) in [5.74, 6) is 0.458. The molecule has 0 saturated heterocycles. The highest BCUT2D eigenvalue weighted by atomic mass is 19.1. The summed E-state index contributed by atoms with van der Waals surface area (Å²) in [6.45, 7) is 3.79. The highest BCUT2D eigenvalue weighted by molar-refractivity contribution is 5.37. The van der Waals surface area contributed by atoms with Crippen LogP contribution in [0.5, 0.6) is 5.75 Å². The molecule has 82 valence electrons. The second-order valence-corrected chi connectivity index (χ2v) is 3.83. The molecule has 0 fully saturated rings. The summed E-state index contributed by atoms with van der Waals surface area (Å²) >= 11 is 0. The van der Waals surface area contributed by atoms with Crippen molar-refractivity contribution in [3.05, 3.63) is 29.6 Å². The third kappa shape index (κ3) is 2.29. The molecule has 1 N–H and O–H groups in total. The molecule has 0 saturated carbocycles. The van der Waals surface area contributed by atoms with Crippen LogP contribution in [0, 0.1) is 5.82 Å². The van der Waals surface area contributed by atoms with Crippen LogP contribution in [0.4, 0.5) is 4.39 Å². The van der Waals surface area contributed by atoms with E-state index >= 15 is 0 Å². The zero-order valence-electron chi connectivity index (χ0n) is 8.92. The van der Waals surface area contributed by atoms with Gasteiger partial charge in [0.1, 0.15) is 11.6 Å². The molecule has 3 heteroatoms. The molecule has 1 unspecified atom stereocenters. The first-order valence-corrected chi connectivity index (χ1v) is 5.47. The van der Waals surface area contributed by atoms with Crippen molar-refractivity contribution in [2.45, 2.75) is 25.8 Å². The molecule has 2 nitrogen and oxygen atoms in total. The monoisotopic (exact) mass is 209 g/mol. The Morgan fingerprint density at radius 3 is 3.20 bits per heavy atom. The number of hydrogen-bond acceptors (Lipinski definition) is 2. The smallest absolute Gasteiger partial charge is 0.126 e. The largest absolute Gasteiger partial charge is 0.493 e. The number of benzene rings is 1. The molecule has 1 heterocycles. The third-order valence-corrected chi connectivity index (χ3v) is 2.66. The van der Waals surface area contributed by atoms with E-state index in [1.165, 1.54) is 12.1 Å². The van der Waals surface area contributed by atoms with Crippen molar-refractivity contribution in [1.82, 2.24) is 5.32 Å². The number of halogens is 1. The van der Waals surface area contributed by atoms with Gasteiger partial charge in [0.15, 0.2) is 0 Å². The standard InChI is InChI=1S/C12H16FNO/c1-2-6-14-11-5-7-15-12-8-9(13)3-4-10(11)12/h3-4,8,11,14H,2,5-7H2,1H3. The van der Waals surface area contributed by atoms with Gasteiger partial charge in [0, 0.05) is 24.1 Å². The van der Waals surface area contributed by atoms with Crippen LogP contribution in [0.1, 0.15) is 31.4 Å². The van der Waals surface area contributed by atoms with Crippen molar-refractivity contribution in [2.75, 3.05) is 13.2 Å². The molecule has 1 aromatic carbocycles. The number of nitrogens with one attached hydrogen (secondary N) is 1. The van der Waals surface area contributed by atoms with Crippen molar-refractivity contribution >= 4 is 0 Å². The summed E-state index contributed by atoms with van der Waals surface area (Å²) < 4.78 is 18.4. The molecule has 2 rings (SSSR count). The van der Waals surface area contributed by atoms with E-state index in [4.69, 9.17) is 4.74 Å². The molecule has 0 amide bonds. The van der Waals surface area contributed by atoms with Gasteiger partial charge in [-0.05, 0) is 19.0 Å². The summed E-state index contributed by atoms with van der Waals surface area (Å²) in [6, 6.07) is 5.09. The third-order valence-electron chi connectivity index (χ3n) is 2.66. The zero-order chi connectivity index (χ0) is 10.7. The predicted molar refractivity (Wildman–Crippen MR) is 57.5 cm³/mol. The molecule has 0 bridgehead atoms. The summed E-state index contributed by atoms with van der Waals surface area (Å²) in [6.07, 6.45) is 2.06. The summed E-state index contributed by atoms with van der Waals surface area (Å²) in [7, 11) is 0. The minimum atomic E-state index is -0.232. The number of rotatable bonds is 3. The summed E-state index contributed by atoms with van der Waals surface area (Å²) in [5.41, 5.74) is 1.08. The lowest BCUT2D eigenvalue weighted by Gasteiger charge is -2.26. The van der Waals surface area contributed by atoms with E-state index in [1.54, 1.807) is 0 Å². The topological polar surface area (TPSA) is 21.3 Å². The normalized spacial score (nSPS) is 19.5. The highest BCUT2D eigenvalue weighted by Gasteiger charge is 2.20. The van der Waals surface area contributed by atoms with Gasteiger partial charge in [0.25, 0.3) is 0 Å². The lowest BCUT2D eigenvalue weighted by atomic mass is 10.0. The van der Waals surface area contributed by atoms with E-state index in [9.17, 15) is 4.39 Å².